The van der Waals surface area contributed by atoms with Gasteiger partial charge in [-0.05, 0) is 49.7 Å². The summed E-state index contributed by atoms with van der Waals surface area (Å²) in [7, 11) is 0. The van der Waals surface area contributed by atoms with Crippen LogP contribution in [0.2, 0.25) is 0 Å². The largest absolute Gasteiger partial charge is 0.507 e. The lowest BCUT2D eigenvalue weighted by Crippen LogP contribution is -2.34. The molecule has 0 aliphatic heterocycles. The number of amides is 3. The Morgan fingerprint density at radius 2 is 1.80 bits per heavy atom. The monoisotopic (exact) mass is 405 g/mol. The molecule has 0 aliphatic rings. The summed E-state index contributed by atoms with van der Waals surface area (Å²) in [6.45, 7) is 4.08. The molecular weight excluding hydrogens is 386 g/mol. The van der Waals surface area contributed by atoms with Gasteiger partial charge in [-0.2, -0.15) is 0 Å². The van der Waals surface area contributed by atoms with Crippen LogP contribution in [0.15, 0.2) is 46.9 Å². The highest BCUT2D eigenvalue weighted by atomic mass is 79.9. The second-order valence-corrected chi connectivity index (χ2v) is 6.71. The molecule has 0 spiro atoms. The zero-order chi connectivity index (χ0) is 18.4. The van der Waals surface area contributed by atoms with Gasteiger partial charge in [0, 0.05) is 22.7 Å². The molecule has 0 bridgehead atoms. The van der Waals surface area contributed by atoms with Crippen molar-refractivity contribution in [1.82, 2.24) is 10.6 Å². The fourth-order valence-electron chi connectivity index (χ4n) is 2.11. The van der Waals surface area contributed by atoms with Crippen LogP contribution in [0.25, 0.3) is 0 Å². The molecule has 0 unspecified atom stereocenters. The highest BCUT2D eigenvalue weighted by Crippen LogP contribution is 2.22. The summed E-state index contributed by atoms with van der Waals surface area (Å²) >= 11 is 3.23. The fourth-order valence-corrected chi connectivity index (χ4v) is 2.46. The van der Waals surface area contributed by atoms with Crippen LogP contribution in [0.3, 0.4) is 0 Å². The van der Waals surface area contributed by atoms with E-state index < -0.39 is 0 Å². The van der Waals surface area contributed by atoms with Gasteiger partial charge in [-0.25, -0.2) is 4.79 Å². The number of nitrogens with one attached hydrogen (secondary N) is 3. The van der Waals surface area contributed by atoms with Crippen molar-refractivity contribution >= 4 is 33.6 Å². The van der Waals surface area contributed by atoms with E-state index in [1.807, 2.05) is 26.0 Å². The van der Waals surface area contributed by atoms with Gasteiger partial charge < -0.3 is 21.1 Å². The van der Waals surface area contributed by atoms with E-state index in [0.29, 0.717) is 16.7 Å². The van der Waals surface area contributed by atoms with E-state index in [-0.39, 0.29) is 29.3 Å². The smallest absolute Gasteiger partial charge is 0.319 e. The summed E-state index contributed by atoms with van der Waals surface area (Å²) in [5, 5.41) is 18.0. The normalized spacial score (nSPS) is 10.4. The minimum absolute atomic E-state index is 0.0597. The van der Waals surface area contributed by atoms with E-state index in [0.717, 1.165) is 5.56 Å². The third-order valence-electron chi connectivity index (χ3n) is 3.29. The molecule has 0 atom stereocenters. The predicted molar refractivity (Wildman–Crippen MR) is 101 cm³/mol. The van der Waals surface area contributed by atoms with Crippen LogP contribution in [0, 0.1) is 0 Å². The summed E-state index contributed by atoms with van der Waals surface area (Å²) in [5.74, 6) is -0.439. The molecule has 2 aromatic carbocycles. The number of anilines is 1. The number of aromatic hydroxyl groups is 1. The van der Waals surface area contributed by atoms with Gasteiger partial charge in [0.05, 0.1) is 5.56 Å². The Morgan fingerprint density at radius 3 is 2.40 bits per heavy atom. The van der Waals surface area contributed by atoms with E-state index in [2.05, 4.69) is 31.9 Å². The maximum atomic E-state index is 12.1. The number of urea groups is 1. The van der Waals surface area contributed by atoms with Crippen molar-refractivity contribution in [3.63, 3.8) is 0 Å². The first-order chi connectivity index (χ1) is 11.8. The molecule has 0 fully saturated rings. The van der Waals surface area contributed by atoms with Gasteiger partial charge >= 0.3 is 6.03 Å². The highest BCUT2D eigenvalue weighted by Gasteiger charge is 2.11. The number of hydrogen-bond acceptors (Lipinski definition) is 3. The van der Waals surface area contributed by atoms with Crippen LogP contribution in [0.4, 0.5) is 10.5 Å². The summed E-state index contributed by atoms with van der Waals surface area (Å²) in [4.78, 5) is 23.7. The number of rotatable bonds is 5. The molecule has 3 amide bonds. The molecule has 0 aliphatic carbocycles. The van der Waals surface area contributed by atoms with Gasteiger partial charge in [0.1, 0.15) is 5.75 Å². The number of benzene rings is 2. The third-order valence-corrected chi connectivity index (χ3v) is 3.78. The molecule has 2 aromatic rings. The van der Waals surface area contributed by atoms with Crippen molar-refractivity contribution in [3.05, 3.63) is 58.1 Å². The van der Waals surface area contributed by atoms with Crippen molar-refractivity contribution in [1.29, 1.82) is 0 Å². The molecule has 0 radical (unpaired) electrons. The first kappa shape index (κ1) is 18.8. The molecule has 25 heavy (non-hydrogen) atoms. The maximum Gasteiger partial charge on any atom is 0.319 e. The minimum atomic E-state index is -0.358. The average Bonchev–Trinajstić information content (AvgIpc) is 2.53. The molecule has 7 heteroatoms. The molecule has 0 heterocycles. The van der Waals surface area contributed by atoms with Crippen LogP contribution >= 0.6 is 15.9 Å². The van der Waals surface area contributed by atoms with Crippen LogP contribution in [-0.4, -0.2) is 23.1 Å². The van der Waals surface area contributed by atoms with Crippen molar-refractivity contribution < 1.29 is 14.7 Å². The Bertz CT molecular complexity index is 761. The van der Waals surface area contributed by atoms with Crippen LogP contribution < -0.4 is 16.0 Å². The second kappa shape index (κ2) is 8.53. The number of phenols is 1. The second-order valence-electron chi connectivity index (χ2n) is 5.79. The van der Waals surface area contributed by atoms with Gasteiger partial charge in [-0.15, -0.1) is 0 Å². The van der Waals surface area contributed by atoms with Crippen molar-refractivity contribution in [2.45, 2.75) is 26.4 Å². The van der Waals surface area contributed by atoms with E-state index >= 15 is 0 Å². The van der Waals surface area contributed by atoms with E-state index in [9.17, 15) is 14.7 Å². The average molecular weight is 406 g/mol. The van der Waals surface area contributed by atoms with Crippen LogP contribution in [0.1, 0.15) is 29.8 Å². The van der Waals surface area contributed by atoms with Crippen molar-refractivity contribution in [2.24, 2.45) is 0 Å². The topological polar surface area (TPSA) is 90.5 Å². The molecule has 0 saturated heterocycles. The van der Waals surface area contributed by atoms with E-state index in [1.54, 1.807) is 24.3 Å². The van der Waals surface area contributed by atoms with E-state index in [4.69, 9.17) is 0 Å². The molecule has 4 N–H and O–H groups in total. The van der Waals surface area contributed by atoms with Gasteiger partial charge in [0.25, 0.3) is 5.91 Å². The maximum absolute atomic E-state index is 12.1. The third kappa shape index (κ3) is 5.79. The number of carbonyl (C=O) groups is 2. The lowest BCUT2D eigenvalue weighted by atomic mass is 10.1. The molecule has 6 nitrogen and oxygen atoms in total. The zero-order valence-corrected chi connectivity index (χ0v) is 15.6. The Labute approximate surface area is 154 Å². The zero-order valence-electron chi connectivity index (χ0n) is 14.0. The number of carbonyl (C=O) groups excluding carboxylic acids is 2. The minimum Gasteiger partial charge on any atom is -0.507 e. The molecule has 0 aromatic heterocycles. The van der Waals surface area contributed by atoms with Gasteiger partial charge in [0.15, 0.2) is 0 Å². The van der Waals surface area contributed by atoms with Crippen molar-refractivity contribution in [3.8, 4) is 5.75 Å². The summed E-state index contributed by atoms with van der Waals surface area (Å²) < 4.78 is 0.700. The summed E-state index contributed by atoms with van der Waals surface area (Å²) in [6.07, 6.45) is 0. The number of hydrogen-bond donors (Lipinski definition) is 4. The van der Waals surface area contributed by atoms with E-state index in [1.165, 1.54) is 6.07 Å². The molecular formula is C18H20BrN3O3. The molecule has 0 saturated carbocycles. The quantitative estimate of drug-likeness (QED) is 0.612. The lowest BCUT2D eigenvalue weighted by Gasteiger charge is -2.11. The molecule has 132 valence electrons. The fraction of sp³-hybridized carbons (Fsp3) is 0.222. The SMILES string of the molecule is CC(C)NC(=O)Nc1ccc(CNC(=O)c2ccc(Br)cc2O)cc1. The van der Waals surface area contributed by atoms with Crippen molar-refractivity contribution in [2.75, 3.05) is 5.32 Å². The standard InChI is InChI=1S/C18H20BrN3O3/c1-11(2)21-18(25)22-14-6-3-12(4-7-14)10-20-17(24)15-8-5-13(19)9-16(15)23/h3-9,11,23H,10H2,1-2H3,(H,20,24)(H2,21,22,25). The molecule has 2 rings (SSSR count). The first-order valence-corrected chi connectivity index (χ1v) is 8.57. The Kier molecular flexibility index (Phi) is 6.41. The Morgan fingerprint density at radius 1 is 1.12 bits per heavy atom. The Balaban J connectivity index is 1.91. The van der Waals surface area contributed by atoms with Gasteiger partial charge in [-0.3, -0.25) is 4.79 Å². The van der Waals surface area contributed by atoms with Crippen LogP contribution in [0.5, 0.6) is 5.75 Å². The summed E-state index contributed by atoms with van der Waals surface area (Å²) in [5.41, 5.74) is 1.75. The number of halogens is 1. The first-order valence-electron chi connectivity index (χ1n) is 7.78. The van der Waals surface area contributed by atoms with Crippen LogP contribution in [-0.2, 0) is 6.54 Å². The lowest BCUT2D eigenvalue weighted by molar-refractivity contribution is 0.0948. The van der Waals surface area contributed by atoms with Gasteiger partial charge in [-0.1, -0.05) is 28.1 Å². The predicted octanol–water partition coefficient (Wildman–Crippen LogP) is 3.61. The summed E-state index contributed by atoms with van der Waals surface area (Å²) in [6, 6.07) is 11.7. The van der Waals surface area contributed by atoms with Gasteiger partial charge in [0.2, 0.25) is 0 Å². The Hall–Kier alpha value is -2.54. The highest BCUT2D eigenvalue weighted by molar-refractivity contribution is 9.10. The number of phenolic OH excluding ortho intramolecular Hbond substituents is 1.